The van der Waals surface area contributed by atoms with E-state index in [2.05, 4.69) is 65.2 Å². The van der Waals surface area contributed by atoms with E-state index in [4.69, 9.17) is 0 Å². The Morgan fingerprint density at radius 3 is 2.50 bits per heavy atom. The second kappa shape index (κ2) is 10.2. The molecule has 2 unspecified atom stereocenters. The maximum absolute atomic E-state index is 4.55. The Morgan fingerprint density at radius 1 is 1.38 bits per heavy atom. The Labute approximate surface area is 180 Å². The molecular weight excluding hydrogens is 457 g/mol. The number of piperidine rings is 1. The standard InChI is InChI=1S/C19H35N5S.HI/c1-14-8-15(2)10-24(9-14)19(4,5)13-21-18(20-6)23(7)11-17-12-25-16(3)22-17;/h12,14-15H,8-11,13H2,1-7H3,(H,20,21);1H. The third kappa shape index (κ3) is 6.64. The maximum atomic E-state index is 4.55. The fraction of sp³-hybridized carbons (Fsp3) is 0.789. The molecular formula is C19H36IN5S. The first kappa shape index (κ1) is 23.6. The van der Waals surface area contributed by atoms with Crippen molar-refractivity contribution < 1.29 is 0 Å². The van der Waals surface area contributed by atoms with Gasteiger partial charge in [0.25, 0.3) is 0 Å². The number of aromatic nitrogens is 1. The summed E-state index contributed by atoms with van der Waals surface area (Å²) in [6, 6.07) is 0. The zero-order valence-corrected chi connectivity index (χ0v) is 20.5. The van der Waals surface area contributed by atoms with Crippen molar-refractivity contribution in [2.45, 2.75) is 53.1 Å². The molecule has 1 aliphatic heterocycles. The van der Waals surface area contributed by atoms with Crippen LogP contribution in [0.1, 0.15) is 44.8 Å². The third-order valence-corrected chi connectivity index (χ3v) is 5.87. The van der Waals surface area contributed by atoms with Crippen molar-refractivity contribution in [1.29, 1.82) is 0 Å². The summed E-state index contributed by atoms with van der Waals surface area (Å²) in [6.07, 6.45) is 1.34. The monoisotopic (exact) mass is 493 g/mol. The van der Waals surface area contributed by atoms with Crippen LogP contribution in [0.3, 0.4) is 0 Å². The molecule has 0 radical (unpaired) electrons. The predicted octanol–water partition coefficient (Wildman–Crippen LogP) is 3.83. The molecule has 0 bridgehead atoms. The van der Waals surface area contributed by atoms with Crippen LogP contribution in [0, 0.1) is 18.8 Å². The van der Waals surface area contributed by atoms with E-state index < -0.39 is 0 Å². The lowest BCUT2D eigenvalue weighted by Crippen LogP contribution is -2.57. The van der Waals surface area contributed by atoms with Crippen LogP contribution in [-0.2, 0) is 6.54 Å². The molecule has 0 saturated carbocycles. The van der Waals surface area contributed by atoms with Crippen molar-refractivity contribution in [2.24, 2.45) is 16.8 Å². The lowest BCUT2D eigenvalue weighted by Gasteiger charge is -2.45. The van der Waals surface area contributed by atoms with Crippen molar-refractivity contribution in [3.63, 3.8) is 0 Å². The summed E-state index contributed by atoms with van der Waals surface area (Å²) in [5.41, 5.74) is 1.21. The van der Waals surface area contributed by atoms with Gasteiger partial charge in [-0.2, -0.15) is 0 Å². The molecule has 2 heterocycles. The largest absolute Gasteiger partial charge is 0.354 e. The lowest BCUT2D eigenvalue weighted by molar-refractivity contribution is 0.0480. The highest BCUT2D eigenvalue weighted by molar-refractivity contribution is 14.0. The summed E-state index contributed by atoms with van der Waals surface area (Å²) in [5.74, 6) is 2.48. The molecule has 7 heteroatoms. The van der Waals surface area contributed by atoms with E-state index in [9.17, 15) is 0 Å². The van der Waals surface area contributed by atoms with E-state index >= 15 is 0 Å². The number of guanidine groups is 1. The molecule has 2 rings (SSSR count). The maximum Gasteiger partial charge on any atom is 0.193 e. The fourth-order valence-corrected chi connectivity index (χ4v) is 4.35. The van der Waals surface area contributed by atoms with Crippen molar-refractivity contribution in [1.82, 2.24) is 20.1 Å². The second-order valence-corrected chi connectivity index (χ2v) is 9.34. The van der Waals surface area contributed by atoms with Gasteiger partial charge in [0.1, 0.15) is 0 Å². The first-order chi connectivity index (χ1) is 11.7. The van der Waals surface area contributed by atoms with Crippen LogP contribution in [0.2, 0.25) is 0 Å². The first-order valence-electron chi connectivity index (χ1n) is 9.29. The third-order valence-electron chi connectivity index (χ3n) is 5.04. The van der Waals surface area contributed by atoms with Crippen LogP contribution in [-0.4, -0.2) is 60.0 Å². The summed E-state index contributed by atoms with van der Waals surface area (Å²) < 4.78 is 0. The van der Waals surface area contributed by atoms with E-state index in [1.165, 1.54) is 19.5 Å². The van der Waals surface area contributed by atoms with E-state index in [1.54, 1.807) is 11.3 Å². The van der Waals surface area contributed by atoms with Crippen LogP contribution < -0.4 is 5.32 Å². The Balaban J connectivity index is 0.00000338. The van der Waals surface area contributed by atoms with Crippen LogP contribution in [0.15, 0.2) is 10.4 Å². The van der Waals surface area contributed by atoms with Gasteiger partial charge in [0.05, 0.1) is 17.2 Å². The van der Waals surface area contributed by atoms with Gasteiger partial charge < -0.3 is 10.2 Å². The molecule has 1 aromatic heterocycles. The summed E-state index contributed by atoms with van der Waals surface area (Å²) in [5, 5.41) is 6.81. The van der Waals surface area contributed by atoms with Crippen molar-refractivity contribution in [2.75, 3.05) is 33.7 Å². The highest BCUT2D eigenvalue weighted by atomic mass is 127. The van der Waals surface area contributed by atoms with Gasteiger partial charge in [-0.25, -0.2) is 4.98 Å². The average molecular weight is 494 g/mol. The van der Waals surface area contributed by atoms with Crippen molar-refractivity contribution >= 4 is 41.3 Å². The van der Waals surface area contributed by atoms with Gasteiger partial charge in [-0.15, -0.1) is 35.3 Å². The number of nitrogens with zero attached hydrogens (tertiary/aromatic N) is 4. The highest BCUT2D eigenvalue weighted by Gasteiger charge is 2.32. The second-order valence-electron chi connectivity index (χ2n) is 8.28. The number of likely N-dealkylation sites (tertiary alicyclic amines) is 1. The van der Waals surface area contributed by atoms with Gasteiger partial charge in [-0.05, 0) is 39.0 Å². The minimum atomic E-state index is 0. The van der Waals surface area contributed by atoms with E-state index in [1.807, 2.05) is 14.0 Å². The molecule has 0 amide bonds. The lowest BCUT2D eigenvalue weighted by atomic mass is 9.88. The van der Waals surface area contributed by atoms with Gasteiger partial charge >= 0.3 is 0 Å². The number of hydrogen-bond acceptors (Lipinski definition) is 4. The Kier molecular flexibility index (Phi) is 9.29. The average Bonchev–Trinajstić information content (AvgIpc) is 2.91. The molecule has 1 N–H and O–H groups in total. The van der Waals surface area contributed by atoms with Crippen LogP contribution in [0.4, 0.5) is 0 Å². The number of thiazole rings is 1. The fourth-order valence-electron chi connectivity index (χ4n) is 3.75. The molecule has 1 saturated heterocycles. The van der Waals surface area contributed by atoms with Gasteiger partial charge in [0.15, 0.2) is 5.96 Å². The quantitative estimate of drug-likeness (QED) is 0.385. The highest BCUT2D eigenvalue weighted by Crippen LogP contribution is 2.26. The van der Waals surface area contributed by atoms with Crippen molar-refractivity contribution in [3.05, 3.63) is 16.1 Å². The number of rotatable bonds is 5. The molecule has 1 aromatic rings. The van der Waals surface area contributed by atoms with E-state index in [-0.39, 0.29) is 29.5 Å². The van der Waals surface area contributed by atoms with Crippen LogP contribution in [0.25, 0.3) is 0 Å². The zero-order valence-electron chi connectivity index (χ0n) is 17.4. The summed E-state index contributed by atoms with van der Waals surface area (Å²) in [4.78, 5) is 13.8. The molecule has 0 spiro atoms. The number of aryl methyl sites for hydroxylation is 1. The minimum Gasteiger partial charge on any atom is -0.354 e. The Bertz CT molecular complexity index is 576. The number of hydrogen-bond donors (Lipinski definition) is 1. The SMILES string of the molecule is CN=C(NCC(C)(C)N1CC(C)CC(C)C1)N(C)Cc1csc(C)n1.I. The molecule has 2 atom stereocenters. The van der Waals surface area contributed by atoms with Gasteiger partial charge in [0, 0.05) is 44.6 Å². The topological polar surface area (TPSA) is 43.8 Å². The molecule has 0 aromatic carbocycles. The predicted molar refractivity (Wildman–Crippen MR) is 124 cm³/mol. The molecule has 5 nitrogen and oxygen atoms in total. The summed E-state index contributed by atoms with van der Waals surface area (Å²) in [7, 11) is 3.92. The molecule has 1 aliphatic rings. The first-order valence-corrected chi connectivity index (χ1v) is 10.2. The smallest absolute Gasteiger partial charge is 0.193 e. The molecule has 150 valence electrons. The summed E-state index contributed by atoms with van der Waals surface area (Å²) in [6.45, 7) is 15.5. The van der Waals surface area contributed by atoms with Gasteiger partial charge in [-0.3, -0.25) is 9.89 Å². The molecule has 1 fully saturated rings. The molecule has 26 heavy (non-hydrogen) atoms. The molecule has 0 aliphatic carbocycles. The van der Waals surface area contributed by atoms with E-state index in [0.717, 1.165) is 41.6 Å². The summed E-state index contributed by atoms with van der Waals surface area (Å²) >= 11 is 1.70. The van der Waals surface area contributed by atoms with E-state index in [0.29, 0.717) is 0 Å². The zero-order chi connectivity index (χ0) is 18.6. The van der Waals surface area contributed by atoms with Crippen LogP contribution >= 0.6 is 35.3 Å². The number of aliphatic imine (C=N–C) groups is 1. The van der Waals surface area contributed by atoms with Crippen molar-refractivity contribution in [3.8, 4) is 0 Å². The minimum absolute atomic E-state index is 0. The van der Waals surface area contributed by atoms with Gasteiger partial charge in [0.2, 0.25) is 0 Å². The number of nitrogens with one attached hydrogen (secondary N) is 1. The van der Waals surface area contributed by atoms with Crippen LogP contribution in [0.5, 0.6) is 0 Å². The number of halogens is 1. The normalized spacial score (nSPS) is 22.0. The Morgan fingerprint density at radius 2 is 2.00 bits per heavy atom. The Hall–Kier alpha value is -0.410. The van der Waals surface area contributed by atoms with Gasteiger partial charge in [-0.1, -0.05) is 13.8 Å².